The maximum Gasteiger partial charge on any atom is 0.193 e. The molecule has 30 heavy (non-hydrogen) atoms. The number of methoxy groups -OCH3 is 1. The van der Waals surface area contributed by atoms with Gasteiger partial charge >= 0.3 is 0 Å². The van der Waals surface area contributed by atoms with Crippen molar-refractivity contribution in [3.63, 3.8) is 0 Å². The van der Waals surface area contributed by atoms with Gasteiger partial charge < -0.3 is 19.7 Å². The Morgan fingerprint density at radius 3 is 2.30 bits per heavy atom. The molecule has 0 atom stereocenters. The zero-order valence-electron chi connectivity index (χ0n) is 18.8. The molecule has 7 heteroatoms. The van der Waals surface area contributed by atoms with Crippen molar-refractivity contribution in [2.75, 3.05) is 53.5 Å². The van der Waals surface area contributed by atoms with E-state index in [1.165, 1.54) is 18.4 Å². The summed E-state index contributed by atoms with van der Waals surface area (Å²) in [5.74, 6) is 2.70. The predicted molar refractivity (Wildman–Crippen MR) is 134 cm³/mol. The summed E-state index contributed by atoms with van der Waals surface area (Å²) in [4.78, 5) is 9.47. The van der Waals surface area contributed by atoms with Crippen molar-refractivity contribution < 1.29 is 9.47 Å². The molecular weight excluding hydrogens is 491 g/mol. The molecule has 1 N–H and O–H groups in total. The van der Waals surface area contributed by atoms with Gasteiger partial charge in [-0.25, -0.2) is 0 Å². The molecule has 2 aliphatic rings. The minimum Gasteiger partial charge on any atom is -0.497 e. The van der Waals surface area contributed by atoms with E-state index in [9.17, 15) is 0 Å². The van der Waals surface area contributed by atoms with Crippen molar-refractivity contribution in [1.82, 2.24) is 15.1 Å². The third-order valence-electron chi connectivity index (χ3n) is 6.18. The van der Waals surface area contributed by atoms with Gasteiger partial charge in [-0.3, -0.25) is 9.89 Å². The van der Waals surface area contributed by atoms with E-state index in [-0.39, 0.29) is 24.0 Å². The highest BCUT2D eigenvalue weighted by molar-refractivity contribution is 14.0. The standard InChI is InChI=1S/C23H38N4O2.HI/c1-4-29-22-11-15-27(16-12-22)23(24-2)25-17-19-9-13-26(14-10-19)18-20-5-7-21(28-3)8-6-20;/h5-8,19,22H,4,9-18H2,1-3H3,(H,24,25);1H. The van der Waals surface area contributed by atoms with Gasteiger partial charge in [-0.1, -0.05) is 12.1 Å². The van der Waals surface area contributed by atoms with Crippen LogP contribution in [0.5, 0.6) is 5.75 Å². The SMILES string of the molecule is CCOC1CCN(C(=NC)NCC2CCN(Cc3ccc(OC)cc3)CC2)CC1.I. The fourth-order valence-corrected chi connectivity index (χ4v) is 4.38. The van der Waals surface area contributed by atoms with Crippen LogP contribution in [-0.4, -0.2) is 75.4 Å². The van der Waals surface area contributed by atoms with Crippen molar-refractivity contribution in [3.05, 3.63) is 29.8 Å². The Balaban J connectivity index is 0.00000320. The summed E-state index contributed by atoms with van der Waals surface area (Å²) < 4.78 is 11.0. The van der Waals surface area contributed by atoms with Crippen LogP contribution < -0.4 is 10.1 Å². The van der Waals surface area contributed by atoms with Gasteiger partial charge in [0, 0.05) is 39.8 Å². The summed E-state index contributed by atoms with van der Waals surface area (Å²) in [7, 11) is 3.61. The van der Waals surface area contributed by atoms with Gasteiger partial charge in [0.15, 0.2) is 5.96 Å². The van der Waals surface area contributed by atoms with E-state index in [1.54, 1.807) is 7.11 Å². The molecule has 0 radical (unpaired) electrons. The van der Waals surface area contributed by atoms with E-state index in [0.29, 0.717) is 6.10 Å². The third-order valence-corrected chi connectivity index (χ3v) is 6.18. The fraction of sp³-hybridized carbons (Fsp3) is 0.696. The summed E-state index contributed by atoms with van der Waals surface area (Å²) in [6, 6.07) is 8.44. The van der Waals surface area contributed by atoms with E-state index < -0.39 is 0 Å². The lowest BCUT2D eigenvalue weighted by Crippen LogP contribution is -2.48. The number of benzene rings is 1. The van der Waals surface area contributed by atoms with E-state index in [2.05, 4.69) is 51.3 Å². The van der Waals surface area contributed by atoms with Crippen molar-refractivity contribution in [3.8, 4) is 5.75 Å². The highest BCUT2D eigenvalue weighted by atomic mass is 127. The highest BCUT2D eigenvalue weighted by Crippen LogP contribution is 2.20. The number of ether oxygens (including phenoxy) is 2. The average molecular weight is 530 g/mol. The van der Waals surface area contributed by atoms with Crippen LogP contribution >= 0.6 is 24.0 Å². The van der Waals surface area contributed by atoms with Crippen molar-refractivity contribution in [2.45, 2.75) is 45.3 Å². The van der Waals surface area contributed by atoms with Crippen LogP contribution in [0.15, 0.2) is 29.3 Å². The molecule has 170 valence electrons. The summed E-state index contributed by atoms with van der Waals surface area (Å²) >= 11 is 0. The number of nitrogens with one attached hydrogen (secondary N) is 1. The van der Waals surface area contributed by atoms with Gasteiger partial charge in [-0.05, 0) is 69.3 Å². The molecule has 0 aromatic heterocycles. The van der Waals surface area contributed by atoms with Crippen molar-refractivity contribution in [1.29, 1.82) is 0 Å². The van der Waals surface area contributed by atoms with Gasteiger partial charge in [-0.2, -0.15) is 0 Å². The maximum atomic E-state index is 5.77. The lowest BCUT2D eigenvalue weighted by Gasteiger charge is -2.36. The van der Waals surface area contributed by atoms with Crippen LogP contribution in [0.3, 0.4) is 0 Å². The smallest absolute Gasteiger partial charge is 0.193 e. The highest BCUT2D eigenvalue weighted by Gasteiger charge is 2.23. The number of nitrogens with zero attached hydrogens (tertiary/aromatic N) is 3. The van der Waals surface area contributed by atoms with E-state index in [0.717, 1.165) is 76.3 Å². The number of piperidine rings is 2. The van der Waals surface area contributed by atoms with E-state index in [4.69, 9.17) is 9.47 Å². The van der Waals surface area contributed by atoms with Crippen LogP contribution in [0.25, 0.3) is 0 Å². The van der Waals surface area contributed by atoms with Gasteiger partial charge in [0.2, 0.25) is 0 Å². The molecule has 0 unspecified atom stereocenters. The molecule has 1 aromatic carbocycles. The Morgan fingerprint density at radius 2 is 1.73 bits per heavy atom. The quantitative estimate of drug-likeness (QED) is 0.332. The fourth-order valence-electron chi connectivity index (χ4n) is 4.38. The van der Waals surface area contributed by atoms with Crippen molar-refractivity contribution in [2.24, 2.45) is 10.9 Å². The first kappa shape index (κ1) is 25.2. The molecule has 1 aromatic rings. The first-order valence-corrected chi connectivity index (χ1v) is 11.1. The van der Waals surface area contributed by atoms with Gasteiger partial charge in [-0.15, -0.1) is 24.0 Å². The Morgan fingerprint density at radius 1 is 1.07 bits per heavy atom. The molecule has 2 aliphatic heterocycles. The summed E-state index contributed by atoms with van der Waals surface area (Å²) in [6.07, 6.45) is 5.10. The summed E-state index contributed by atoms with van der Waals surface area (Å²) in [5, 5.41) is 3.64. The van der Waals surface area contributed by atoms with Crippen LogP contribution in [0, 0.1) is 5.92 Å². The number of rotatable bonds is 7. The normalized spacial score (nSPS) is 19.4. The number of likely N-dealkylation sites (tertiary alicyclic amines) is 2. The number of aliphatic imine (C=N–C) groups is 1. The molecule has 2 saturated heterocycles. The molecule has 3 rings (SSSR count). The predicted octanol–water partition coefficient (Wildman–Crippen LogP) is 3.60. The number of hydrogen-bond acceptors (Lipinski definition) is 4. The first-order chi connectivity index (χ1) is 14.2. The lowest BCUT2D eigenvalue weighted by molar-refractivity contribution is 0.0263. The van der Waals surface area contributed by atoms with Gasteiger partial charge in [0.25, 0.3) is 0 Å². The number of hydrogen-bond donors (Lipinski definition) is 1. The maximum absolute atomic E-state index is 5.77. The second kappa shape index (κ2) is 13.4. The van der Waals surface area contributed by atoms with Crippen molar-refractivity contribution >= 4 is 29.9 Å². The van der Waals surface area contributed by atoms with Crippen LogP contribution in [0.4, 0.5) is 0 Å². The minimum atomic E-state index is 0. The Labute approximate surface area is 199 Å². The zero-order chi connectivity index (χ0) is 20.5. The Hall–Kier alpha value is -1.06. The second-order valence-electron chi connectivity index (χ2n) is 8.14. The molecular formula is C23H39IN4O2. The summed E-state index contributed by atoms with van der Waals surface area (Å²) in [6.45, 7) is 9.34. The van der Waals surface area contributed by atoms with E-state index in [1.807, 2.05) is 7.05 Å². The monoisotopic (exact) mass is 530 g/mol. The largest absolute Gasteiger partial charge is 0.497 e. The number of halogens is 1. The minimum absolute atomic E-state index is 0. The molecule has 0 bridgehead atoms. The second-order valence-corrected chi connectivity index (χ2v) is 8.14. The third kappa shape index (κ3) is 7.57. The molecule has 6 nitrogen and oxygen atoms in total. The molecule has 0 spiro atoms. The first-order valence-electron chi connectivity index (χ1n) is 11.1. The Kier molecular flexibility index (Phi) is 11.2. The molecule has 0 saturated carbocycles. The van der Waals surface area contributed by atoms with Gasteiger partial charge in [0.05, 0.1) is 13.2 Å². The molecule has 2 heterocycles. The van der Waals surface area contributed by atoms with E-state index >= 15 is 0 Å². The zero-order valence-corrected chi connectivity index (χ0v) is 21.1. The van der Waals surface area contributed by atoms with Crippen LogP contribution in [-0.2, 0) is 11.3 Å². The molecule has 0 amide bonds. The average Bonchev–Trinajstić information content (AvgIpc) is 2.77. The lowest BCUT2D eigenvalue weighted by atomic mass is 9.96. The molecule has 0 aliphatic carbocycles. The Bertz CT molecular complexity index is 625. The number of guanidine groups is 1. The van der Waals surface area contributed by atoms with Gasteiger partial charge in [0.1, 0.15) is 5.75 Å². The topological polar surface area (TPSA) is 49.3 Å². The molecule has 2 fully saturated rings. The summed E-state index contributed by atoms with van der Waals surface area (Å²) in [5.41, 5.74) is 1.36. The van der Waals surface area contributed by atoms with Crippen LogP contribution in [0.1, 0.15) is 38.2 Å². The van der Waals surface area contributed by atoms with Crippen LogP contribution in [0.2, 0.25) is 0 Å².